The number of carbonyl (C=O) groups is 1. The van der Waals surface area contributed by atoms with Gasteiger partial charge in [-0.1, -0.05) is 11.6 Å². The second-order valence-corrected chi connectivity index (χ2v) is 6.70. The average molecular weight is 325 g/mol. The molecule has 0 fully saturated rings. The third-order valence-electron chi connectivity index (χ3n) is 3.74. The van der Waals surface area contributed by atoms with Crippen molar-refractivity contribution in [1.29, 1.82) is 0 Å². The Morgan fingerprint density at radius 3 is 3.05 bits per heavy atom. The van der Waals surface area contributed by atoms with Crippen molar-refractivity contribution in [3.8, 4) is 0 Å². The molecule has 0 amide bonds. The predicted molar refractivity (Wildman–Crippen MR) is 83.5 cm³/mol. The summed E-state index contributed by atoms with van der Waals surface area (Å²) in [5.41, 5.74) is 1.79. The van der Waals surface area contributed by atoms with Gasteiger partial charge in [0, 0.05) is 12.0 Å². The van der Waals surface area contributed by atoms with Gasteiger partial charge in [-0.15, -0.1) is 11.3 Å². The number of carbonyl (C=O) groups excluding carboxylic acids is 1. The van der Waals surface area contributed by atoms with E-state index >= 15 is 0 Å². The zero-order valence-corrected chi connectivity index (χ0v) is 13.5. The molecular weight excluding hydrogens is 308 g/mol. The standard InChI is InChI=1S/C15H17ClN2O2S/c1-20-7-6-18-14(11(16)9-17-18)15(19)13-8-10-4-2-3-5-12(10)21-13/h8-9H,2-7H2,1H3. The first kappa shape index (κ1) is 14.8. The van der Waals surface area contributed by atoms with E-state index in [0.717, 1.165) is 17.7 Å². The van der Waals surface area contributed by atoms with E-state index in [9.17, 15) is 4.79 Å². The first-order valence-corrected chi connectivity index (χ1v) is 8.26. The van der Waals surface area contributed by atoms with Crippen molar-refractivity contribution in [2.75, 3.05) is 13.7 Å². The minimum absolute atomic E-state index is 0.0343. The summed E-state index contributed by atoms with van der Waals surface area (Å²) in [5, 5.41) is 4.58. The summed E-state index contributed by atoms with van der Waals surface area (Å²) in [7, 11) is 1.62. The quantitative estimate of drug-likeness (QED) is 0.792. The Morgan fingerprint density at radius 1 is 1.48 bits per heavy atom. The number of rotatable bonds is 5. The topological polar surface area (TPSA) is 44.1 Å². The van der Waals surface area contributed by atoms with Crippen LogP contribution in [0.5, 0.6) is 0 Å². The summed E-state index contributed by atoms with van der Waals surface area (Å²) in [6, 6.07) is 2.03. The molecule has 2 heterocycles. The smallest absolute Gasteiger partial charge is 0.222 e. The maximum absolute atomic E-state index is 12.8. The Balaban J connectivity index is 1.91. The number of thiophene rings is 1. The third-order valence-corrected chi connectivity index (χ3v) is 5.25. The number of ether oxygens (including phenoxy) is 1. The number of aromatic nitrogens is 2. The van der Waals surface area contributed by atoms with Gasteiger partial charge in [0.15, 0.2) is 0 Å². The van der Waals surface area contributed by atoms with Gasteiger partial charge in [-0.2, -0.15) is 5.10 Å². The van der Waals surface area contributed by atoms with Crippen LogP contribution in [0.25, 0.3) is 0 Å². The second-order valence-electron chi connectivity index (χ2n) is 5.15. The van der Waals surface area contributed by atoms with Crippen molar-refractivity contribution in [3.05, 3.63) is 38.3 Å². The number of nitrogens with zero attached hydrogens (tertiary/aromatic N) is 2. The molecule has 112 valence electrons. The maximum Gasteiger partial charge on any atom is 0.222 e. The number of aryl methyl sites for hydroxylation is 2. The minimum atomic E-state index is -0.0343. The lowest BCUT2D eigenvalue weighted by atomic mass is 9.99. The number of ketones is 1. The molecular formula is C15H17ClN2O2S. The lowest BCUT2D eigenvalue weighted by Gasteiger charge is -2.08. The third kappa shape index (κ3) is 2.91. The molecule has 0 aliphatic heterocycles. The Bertz CT molecular complexity index is 639. The highest BCUT2D eigenvalue weighted by molar-refractivity contribution is 7.14. The van der Waals surface area contributed by atoms with Gasteiger partial charge in [0.25, 0.3) is 0 Å². The zero-order valence-electron chi connectivity index (χ0n) is 11.9. The van der Waals surface area contributed by atoms with E-state index < -0.39 is 0 Å². The highest BCUT2D eigenvalue weighted by Crippen LogP contribution is 2.32. The summed E-state index contributed by atoms with van der Waals surface area (Å²) in [6.07, 6.45) is 6.12. The molecule has 1 aliphatic carbocycles. The highest BCUT2D eigenvalue weighted by atomic mass is 35.5. The van der Waals surface area contributed by atoms with Crippen molar-refractivity contribution in [2.45, 2.75) is 32.2 Å². The van der Waals surface area contributed by atoms with Crippen molar-refractivity contribution < 1.29 is 9.53 Å². The molecule has 0 aromatic carbocycles. The van der Waals surface area contributed by atoms with Gasteiger partial charge < -0.3 is 4.74 Å². The largest absolute Gasteiger partial charge is 0.383 e. The van der Waals surface area contributed by atoms with Crippen molar-refractivity contribution in [1.82, 2.24) is 9.78 Å². The van der Waals surface area contributed by atoms with Crippen LogP contribution in [0.4, 0.5) is 0 Å². The van der Waals surface area contributed by atoms with Crippen LogP contribution in [-0.2, 0) is 24.1 Å². The van der Waals surface area contributed by atoms with Gasteiger partial charge in [0.05, 0.1) is 29.2 Å². The van der Waals surface area contributed by atoms with Crippen LogP contribution in [0.1, 0.15) is 38.6 Å². The van der Waals surface area contributed by atoms with E-state index in [1.54, 1.807) is 23.1 Å². The van der Waals surface area contributed by atoms with Crippen LogP contribution in [0.3, 0.4) is 0 Å². The van der Waals surface area contributed by atoms with Crippen LogP contribution < -0.4 is 0 Å². The summed E-state index contributed by atoms with van der Waals surface area (Å²) in [4.78, 5) is 14.9. The first-order valence-electron chi connectivity index (χ1n) is 7.07. The molecule has 0 saturated carbocycles. The minimum Gasteiger partial charge on any atom is -0.383 e. The van der Waals surface area contributed by atoms with Crippen LogP contribution in [-0.4, -0.2) is 29.3 Å². The lowest BCUT2D eigenvalue weighted by molar-refractivity contribution is 0.102. The molecule has 0 unspecified atom stereocenters. The van der Waals surface area contributed by atoms with Crippen LogP contribution in [0.2, 0.25) is 5.02 Å². The first-order chi connectivity index (χ1) is 10.2. The van der Waals surface area contributed by atoms with Gasteiger partial charge >= 0.3 is 0 Å². The van der Waals surface area contributed by atoms with Gasteiger partial charge in [-0.3, -0.25) is 9.48 Å². The fourth-order valence-electron chi connectivity index (χ4n) is 2.65. The van der Waals surface area contributed by atoms with Crippen molar-refractivity contribution >= 4 is 28.7 Å². The highest BCUT2D eigenvalue weighted by Gasteiger charge is 2.23. The van der Waals surface area contributed by atoms with E-state index in [0.29, 0.717) is 23.9 Å². The van der Waals surface area contributed by atoms with Gasteiger partial charge in [-0.25, -0.2) is 0 Å². The molecule has 4 nitrogen and oxygen atoms in total. The Labute approximate surface area is 132 Å². The van der Waals surface area contributed by atoms with E-state index in [1.807, 2.05) is 6.07 Å². The number of halogens is 1. The van der Waals surface area contributed by atoms with Gasteiger partial charge in [0.2, 0.25) is 5.78 Å². The molecule has 3 rings (SSSR count). The van der Waals surface area contributed by atoms with E-state index in [2.05, 4.69) is 5.10 Å². The normalized spacial score (nSPS) is 14.2. The molecule has 0 radical (unpaired) electrons. The molecule has 1 aliphatic rings. The molecule has 0 saturated heterocycles. The summed E-state index contributed by atoms with van der Waals surface area (Å²) in [5.74, 6) is -0.0343. The van der Waals surface area contributed by atoms with Gasteiger partial charge in [-0.05, 0) is 37.3 Å². The van der Waals surface area contributed by atoms with Crippen molar-refractivity contribution in [3.63, 3.8) is 0 Å². The molecule has 0 bridgehead atoms. The Kier molecular flexibility index (Phi) is 4.42. The van der Waals surface area contributed by atoms with Crippen LogP contribution >= 0.6 is 22.9 Å². The average Bonchev–Trinajstić information content (AvgIpc) is 3.08. The zero-order chi connectivity index (χ0) is 14.8. The Hall–Kier alpha value is -1.17. The lowest BCUT2D eigenvalue weighted by Crippen LogP contribution is -2.14. The number of hydrogen-bond donors (Lipinski definition) is 0. The number of methoxy groups -OCH3 is 1. The molecule has 0 N–H and O–H groups in total. The molecule has 0 spiro atoms. The number of hydrogen-bond acceptors (Lipinski definition) is 4. The molecule has 2 aromatic heterocycles. The maximum atomic E-state index is 12.8. The SMILES string of the molecule is COCCn1ncc(Cl)c1C(=O)c1cc2c(s1)CCCC2. The summed E-state index contributed by atoms with van der Waals surface area (Å²) < 4.78 is 6.68. The van der Waals surface area contributed by atoms with E-state index in [4.69, 9.17) is 16.3 Å². The fraction of sp³-hybridized carbons (Fsp3) is 0.467. The van der Waals surface area contributed by atoms with Crippen LogP contribution in [0, 0.1) is 0 Å². The molecule has 0 atom stereocenters. The monoisotopic (exact) mass is 324 g/mol. The molecule has 6 heteroatoms. The van der Waals surface area contributed by atoms with E-state index in [1.165, 1.54) is 29.5 Å². The molecule has 21 heavy (non-hydrogen) atoms. The number of fused-ring (bicyclic) bond motifs is 1. The van der Waals surface area contributed by atoms with Crippen LogP contribution in [0.15, 0.2) is 12.3 Å². The molecule has 2 aromatic rings. The summed E-state index contributed by atoms with van der Waals surface area (Å²) >= 11 is 7.76. The van der Waals surface area contributed by atoms with E-state index in [-0.39, 0.29) is 5.78 Å². The fourth-order valence-corrected chi connectivity index (χ4v) is 4.08. The second kappa shape index (κ2) is 6.30. The Morgan fingerprint density at radius 2 is 2.29 bits per heavy atom. The summed E-state index contributed by atoms with van der Waals surface area (Å²) in [6.45, 7) is 1.02. The van der Waals surface area contributed by atoms with Gasteiger partial charge in [0.1, 0.15) is 5.69 Å². The predicted octanol–water partition coefficient (Wildman–Crippen LogP) is 3.35. The van der Waals surface area contributed by atoms with Crippen molar-refractivity contribution in [2.24, 2.45) is 0 Å².